The normalized spacial score (nSPS) is 12.4. The van der Waals surface area contributed by atoms with E-state index in [0.717, 1.165) is 35.2 Å². The van der Waals surface area contributed by atoms with Gasteiger partial charge < -0.3 is 10.1 Å². The SMILES string of the molecule is CCCNC(Cc1cc(F)ccc1Br)c1cc(OC)cs1. The van der Waals surface area contributed by atoms with Crippen LogP contribution in [0.4, 0.5) is 4.39 Å². The second-order valence-corrected chi connectivity index (χ2v) is 6.63. The average Bonchev–Trinajstić information content (AvgIpc) is 2.95. The molecule has 0 aliphatic carbocycles. The first-order valence-corrected chi connectivity index (χ1v) is 8.61. The molecular formula is C16H19BrFNOS. The van der Waals surface area contributed by atoms with Crippen LogP contribution in [0.5, 0.6) is 5.75 Å². The molecule has 0 spiro atoms. The van der Waals surface area contributed by atoms with Crippen molar-refractivity contribution >= 4 is 27.3 Å². The largest absolute Gasteiger partial charge is 0.496 e. The van der Waals surface area contributed by atoms with Crippen molar-refractivity contribution in [3.8, 4) is 5.75 Å². The topological polar surface area (TPSA) is 21.3 Å². The van der Waals surface area contributed by atoms with Gasteiger partial charge in [0.25, 0.3) is 0 Å². The summed E-state index contributed by atoms with van der Waals surface area (Å²) in [6.07, 6.45) is 1.80. The summed E-state index contributed by atoms with van der Waals surface area (Å²) in [6, 6.07) is 7.03. The van der Waals surface area contributed by atoms with E-state index in [0.29, 0.717) is 0 Å². The van der Waals surface area contributed by atoms with Crippen LogP contribution in [0.15, 0.2) is 34.1 Å². The van der Waals surface area contributed by atoms with Crippen LogP contribution < -0.4 is 10.1 Å². The maximum atomic E-state index is 13.5. The standard InChI is InChI=1S/C16H19BrFNOS/c1-3-6-19-15(16-9-13(20-2)10-21-16)8-11-7-12(18)4-5-14(11)17/h4-5,7,9-10,15,19H,3,6,8H2,1-2H3. The maximum Gasteiger partial charge on any atom is 0.129 e. The summed E-state index contributed by atoms with van der Waals surface area (Å²) >= 11 is 5.17. The number of rotatable bonds is 7. The molecule has 1 atom stereocenters. The predicted molar refractivity (Wildman–Crippen MR) is 89.7 cm³/mol. The first-order valence-electron chi connectivity index (χ1n) is 6.93. The Hall–Kier alpha value is -0.910. The Morgan fingerprint density at radius 2 is 2.19 bits per heavy atom. The highest BCUT2D eigenvalue weighted by atomic mass is 79.9. The van der Waals surface area contributed by atoms with Crippen LogP contribution in [0.2, 0.25) is 0 Å². The minimum absolute atomic E-state index is 0.164. The van der Waals surface area contributed by atoms with Gasteiger partial charge in [0.15, 0.2) is 0 Å². The highest BCUT2D eigenvalue weighted by molar-refractivity contribution is 9.10. The second kappa shape index (κ2) is 7.92. The van der Waals surface area contributed by atoms with Crippen molar-refractivity contribution in [2.24, 2.45) is 0 Å². The fourth-order valence-electron chi connectivity index (χ4n) is 2.14. The van der Waals surface area contributed by atoms with Crippen molar-refractivity contribution in [3.63, 3.8) is 0 Å². The van der Waals surface area contributed by atoms with E-state index in [-0.39, 0.29) is 11.9 Å². The van der Waals surface area contributed by atoms with Crippen molar-refractivity contribution in [1.29, 1.82) is 0 Å². The van der Waals surface area contributed by atoms with Crippen LogP contribution in [-0.4, -0.2) is 13.7 Å². The summed E-state index contributed by atoms with van der Waals surface area (Å²) < 4.78 is 19.6. The minimum Gasteiger partial charge on any atom is -0.496 e. The Bertz CT molecular complexity index is 587. The minimum atomic E-state index is -0.203. The zero-order valence-corrected chi connectivity index (χ0v) is 14.6. The van der Waals surface area contributed by atoms with Gasteiger partial charge in [-0.15, -0.1) is 11.3 Å². The lowest BCUT2D eigenvalue weighted by atomic mass is 10.0. The summed E-state index contributed by atoms with van der Waals surface area (Å²) in [7, 11) is 1.67. The predicted octanol–water partition coefficient (Wildman–Crippen LogP) is 4.94. The number of hydrogen-bond acceptors (Lipinski definition) is 3. The Morgan fingerprint density at radius 1 is 1.38 bits per heavy atom. The van der Waals surface area contributed by atoms with Gasteiger partial charge in [-0.3, -0.25) is 0 Å². The summed E-state index contributed by atoms with van der Waals surface area (Å²) in [6.45, 7) is 3.06. The molecule has 0 aliphatic rings. The summed E-state index contributed by atoms with van der Waals surface area (Å²) in [5, 5.41) is 5.53. The van der Waals surface area contributed by atoms with Gasteiger partial charge in [-0.25, -0.2) is 4.39 Å². The molecule has 1 aromatic carbocycles. The zero-order chi connectivity index (χ0) is 15.2. The van der Waals surface area contributed by atoms with Gasteiger partial charge >= 0.3 is 0 Å². The molecule has 21 heavy (non-hydrogen) atoms. The molecule has 0 saturated heterocycles. The maximum absolute atomic E-state index is 13.5. The van der Waals surface area contributed by atoms with Crippen LogP contribution in [0, 0.1) is 5.82 Å². The summed E-state index contributed by atoms with van der Waals surface area (Å²) in [5.74, 6) is 0.669. The third-order valence-corrected chi connectivity index (χ3v) is 5.05. The number of thiophene rings is 1. The number of hydrogen-bond donors (Lipinski definition) is 1. The molecular weight excluding hydrogens is 353 g/mol. The van der Waals surface area contributed by atoms with Crippen LogP contribution >= 0.6 is 27.3 Å². The Balaban J connectivity index is 2.21. The van der Waals surface area contributed by atoms with Crippen LogP contribution in [-0.2, 0) is 6.42 Å². The summed E-state index contributed by atoms with van der Waals surface area (Å²) in [4.78, 5) is 1.21. The van der Waals surface area contributed by atoms with E-state index < -0.39 is 0 Å². The van der Waals surface area contributed by atoms with Crippen molar-refractivity contribution in [3.05, 3.63) is 50.4 Å². The Labute approximate surface area is 137 Å². The third-order valence-electron chi connectivity index (χ3n) is 3.25. The molecule has 2 aromatic rings. The van der Waals surface area contributed by atoms with Gasteiger partial charge in [-0.1, -0.05) is 22.9 Å². The molecule has 5 heteroatoms. The molecule has 114 valence electrons. The zero-order valence-electron chi connectivity index (χ0n) is 12.2. The van der Waals surface area contributed by atoms with Gasteiger partial charge in [0.1, 0.15) is 11.6 Å². The van der Waals surface area contributed by atoms with Gasteiger partial charge in [-0.2, -0.15) is 0 Å². The number of benzene rings is 1. The number of halogens is 2. The third kappa shape index (κ3) is 4.53. The highest BCUT2D eigenvalue weighted by Crippen LogP contribution is 2.31. The van der Waals surface area contributed by atoms with Gasteiger partial charge in [-0.05, 0) is 49.2 Å². The lowest BCUT2D eigenvalue weighted by Crippen LogP contribution is -2.23. The van der Waals surface area contributed by atoms with E-state index in [2.05, 4.69) is 28.2 Å². The average molecular weight is 372 g/mol. The van der Waals surface area contributed by atoms with E-state index in [9.17, 15) is 4.39 Å². The molecule has 0 bridgehead atoms. The molecule has 1 unspecified atom stereocenters. The van der Waals surface area contributed by atoms with Crippen molar-refractivity contribution in [2.45, 2.75) is 25.8 Å². The molecule has 0 radical (unpaired) electrons. The fraction of sp³-hybridized carbons (Fsp3) is 0.375. The first kappa shape index (κ1) is 16.5. The molecule has 2 nitrogen and oxygen atoms in total. The highest BCUT2D eigenvalue weighted by Gasteiger charge is 2.16. The van der Waals surface area contributed by atoms with Gasteiger partial charge in [0.05, 0.1) is 7.11 Å². The van der Waals surface area contributed by atoms with Crippen molar-refractivity contribution in [2.75, 3.05) is 13.7 Å². The molecule has 0 fully saturated rings. The van der Waals surface area contributed by atoms with Crippen LogP contribution in [0.3, 0.4) is 0 Å². The van der Waals surface area contributed by atoms with E-state index in [1.165, 1.54) is 10.9 Å². The number of nitrogens with one attached hydrogen (secondary N) is 1. The second-order valence-electron chi connectivity index (χ2n) is 4.84. The van der Waals surface area contributed by atoms with Crippen LogP contribution in [0.25, 0.3) is 0 Å². The molecule has 0 amide bonds. The monoisotopic (exact) mass is 371 g/mol. The molecule has 1 aromatic heterocycles. The van der Waals surface area contributed by atoms with E-state index in [1.807, 2.05) is 11.4 Å². The molecule has 0 saturated carbocycles. The number of methoxy groups -OCH3 is 1. The van der Waals surface area contributed by atoms with E-state index in [4.69, 9.17) is 4.74 Å². The first-order chi connectivity index (χ1) is 10.1. The van der Waals surface area contributed by atoms with Crippen LogP contribution in [0.1, 0.15) is 29.8 Å². The van der Waals surface area contributed by atoms with E-state index in [1.54, 1.807) is 30.6 Å². The van der Waals surface area contributed by atoms with Crippen molar-refractivity contribution < 1.29 is 9.13 Å². The number of ether oxygens (including phenoxy) is 1. The quantitative estimate of drug-likeness (QED) is 0.743. The molecule has 2 rings (SSSR count). The fourth-order valence-corrected chi connectivity index (χ4v) is 3.48. The molecule has 1 N–H and O–H groups in total. The van der Waals surface area contributed by atoms with Gasteiger partial charge in [0.2, 0.25) is 0 Å². The molecule has 0 aliphatic heterocycles. The van der Waals surface area contributed by atoms with E-state index >= 15 is 0 Å². The lowest BCUT2D eigenvalue weighted by Gasteiger charge is -2.18. The smallest absolute Gasteiger partial charge is 0.129 e. The Kier molecular flexibility index (Phi) is 6.21. The lowest BCUT2D eigenvalue weighted by molar-refractivity contribution is 0.415. The summed E-state index contributed by atoms with van der Waals surface area (Å²) in [5.41, 5.74) is 0.968. The molecule has 1 heterocycles. The van der Waals surface area contributed by atoms with Crippen molar-refractivity contribution in [1.82, 2.24) is 5.32 Å². The van der Waals surface area contributed by atoms with Gasteiger partial charge in [0, 0.05) is 20.8 Å². The Morgan fingerprint density at radius 3 is 2.86 bits per heavy atom.